The Morgan fingerprint density at radius 3 is 2.80 bits per heavy atom. The van der Waals surface area contributed by atoms with E-state index in [4.69, 9.17) is 14.2 Å². The van der Waals surface area contributed by atoms with Gasteiger partial charge in [-0.3, -0.25) is 9.59 Å². The van der Waals surface area contributed by atoms with Crippen LogP contribution in [-0.4, -0.2) is 25.2 Å². The summed E-state index contributed by atoms with van der Waals surface area (Å²) >= 11 is 0. The second kappa shape index (κ2) is 6.41. The number of carbonyl (C=O) groups is 2. The molecule has 0 fully saturated rings. The lowest BCUT2D eigenvalue weighted by atomic mass is 9.93. The maximum atomic E-state index is 12.1. The van der Waals surface area contributed by atoms with Gasteiger partial charge < -0.3 is 14.2 Å². The van der Waals surface area contributed by atoms with Crippen LogP contribution in [0.2, 0.25) is 0 Å². The molecule has 1 aromatic rings. The van der Waals surface area contributed by atoms with Crippen molar-refractivity contribution < 1.29 is 23.8 Å². The Kier molecular flexibility index (Phi) is 4.61. The minimum atomic E-state index is -0.662. The van der Waals surface area contributed by atoms with Gasteiger partial charge in [0.15, 0.2) is 0 Å². The van der Waals surface area contributed by atoms with E-state index in [0.717, 1.165) is 0 Å². The zero-order valence-corrected chi connectivity index (χ0v) is 11.6. The number of para-hydroxylation sites is 1. The normalized spacial score (nSPS) is 21.1. The van der Waals surface area contributed by atoms with Crippen LogP contribution in [0.4, 0.5) is 0 Å². The molecule has 5 heteroatoms. The van der Waals surface area contributed by atoms with Gasteiger partial charge in [0.05, 0.1) is 13.2 Å². The van der Waals surface area contributed by atoms with Crippen molar-refractivity contribution in [1.82, 2.24) is 0 Å². The van der Waals surface area contributed by atoms with E-state index in [1.54, 1.807) is 19.1 Å². The van der Waals surface area contributed by atoms with E-state index in [1.165, 1.54) is 6.92 Å². The molecule has 20 heavy (non-hydrogen) atoms. The van der Waals surface area contributed by atoms with Gasteiger partial charge in [0, 0.05) is 12.5 Å². The number of fused-ring (bicyclic) bond motifs is 1. The first-order valence-electron chi connectivity index (χ1n) is 6.69. The number of hydrogen-bond acceptors (Lipinski definition) is 5. The van der Waals surface area contributed by atoms with Crippen molar-refractivity contribution in [1.29, 1.82) is 0 Å². The number of hydrogen-bond donors (Lipinski definition) is 0. The Morgan fingerprint density at radius 1 is 1.35 bits per heavy atom. The predicted molar refractivity (Wildman–Crippen MR) is 71.2 cm³/mol. The van der Waals surface area contributed by atoms with Crippen LogP contribution in [0.15, 0.2) is 24.3 Å². The van der Waals surface area contributed by atoms with Crippen molar-refractivity contribution in [2.45, 2.75) is 26.4 Å². The molecular formula is C15H18O5. The summed E-state index contributed by atoms with van der Waals surface area (Å²) in [6.45, 7) is 3.76. The van der Waals surface area contributed by atoms with Gasteiger partial charge in [-0.1, -0.05) is 18.2 Å². The minimum Gasteiger partial charge on any atom is -0.493 e. The average molecular weight is 278 g/mol. The van der Waals surface area contributed by atoms with Crippen LogP contribution >= 0.6 is 0 Å². The lowest BCUT2D eigenvalue weighted by Gasteiger charge is -2.23. The molecule has 0 aromatic heterocycles. The summed E-state index contributed by atoms with van der Waals surface area (Å²) in [5.41, 5.74) is 0.707. The number of benzene rings is 1. The molecule has 0 amide bonds. The highest BCUT2D eigenvalue weighted by Gasteiger charge is 2.37. The molecular weight excluding hydrogens is 260 g/mol. The number of ether oxygens (including phenoxy) is 3. The fourth-order valence-corrected chi connectivity index (χ4v) is 2.33. The molecule has 2 atom stereocenters. The van der Waals surface area contributed by atoms with E-state index in [-0.39, 0.29) is 5.97 Å². The summed E-state index contributed by atoms with van der Waals surface area (Å²) in [7, 11) is 0. The molecule has 108 valence electrons. The van der Waals surface area contributed by atoms with Crippen molar-refractivity contribution in [2.24, 2.45) is 5.92 Å². The third kappa shape index (κ3) is 3.10. The summed E-state index contributed by atoms with van der Waals surface area (Å²) in [5, 5.41) is 0. The van der Waals surface area contributed by atoms with Gasteiger partial charge in [-0.25, -0.2) is 0 Å². The molecule has 0 aliphatic carbocycles. The van der Waals surface area contributed by atoms with E-state index in [1.807, 2.05) is 12.1 Å². The van der Waals surface area contributed by atoms with Crippen LogP contribution in [0.25, 0.3) is 0 Å². The molecule has 0 bridgehead atoms. The lowest BCUT2D eigenvalue weighted by Crippen LogP contribution is -2.27. The number of carbonyl (C=O) groups excluding carboxylic acids is 2. The second-order valence-corrected chi connectivity index (χ2v) is 4.56. The molecule has 2 rings (SSSR count). The van der Waals surface area contributed by atoms with Gasteiger partial charge in [-0.2, -0.15) is 0 Å². The third-order valence-corrected chi connectivity index (χ3v) is 3.16. The molecule has 0 radical (unpaired) electrons. The first-order chi connectivity index (χ1) is 9.63. The molecule has 1 heterocycles. The number of rotatable bonds is 3. The third-order valence-electron chi connectivity index (χ3n) is 3.16. The highest BCUT2D eigenvalue weighted by Crippen LogP contribution is 2.38. The molecule has 0 unspecified atom stereocenters. The van der Waals surface area contributed by atoms with E-state index in [0.29, 0.717) is 30.9 Å². The summed E-state index contributed by atoms with van der Waals surface area (Å²) in [6.07, 6.45) is -0.212. The van der Waals surface area contributed by atoms with Gasteiger partial charge in [0.1, 0.15) is 17.8 Å². The van der Waals surface area contributed by atoms with Crippen molar-refractivity contribution in [3.8, 4) is 5.75 Å². The zero-order chi connectivity index (χ0) is 14.5. The summed E-state index contributed by atoms with van der Waals surface area (Å²) in [4.78, 5) is 23.4. The van der Waals surface area contributed by atoms with Gasteiger partial charge in [0.25, 0.3) is 0 Å². The van der Waals surface area contributed by atoms with Crippen LogP contribution in [0.3, 0.4) is 0 Å². The molecule has 5 nitrogen and oxygen atoms in total. The Balaban J connectivity index is 2.36. The molecule has 0 saturated heterocycles. The Bertz CT molecular complexity index is 497. The minimum absolute atomic E-state index is 0.296. The predicted octanol–water partition coefficient (Wildman–Crippen LogP) is 2.25. The largest absolute Gasteiger partial charge is 0.493 e. The monoisotopic (exact) mass is 278 g/mol. The number of esters is 2. The summed E-state index contributed by atoms with van der Waals surface area (Å²) < 4.78 is 16.1. The van der Waals surface area contributed by atoms with E-state index < -0.39 is 18.0 Å². The highest BCUT2D eigenvalue weighted by molar-refractivity contribution is 5.75. The maximum absolute atomic E-state index is 12.1. The van der Waals surface area contributed by atoms with Crippen LogP contribution < -0.4 is 4.74 Å². The Labute approximate surface area is 117 Å². The van der Waals surface area contributed by atoms with Crippen LogP contribution in [0, 0.1) is 5.92 Å². The van der Waals surface area contributed by atoms with Crippen molar-refractivity contribution in [3.63, 3.8) is 0 Å². The first kappa shape index (κ1) is 14.4. The van der Waals surface area contributed by atoms with Crippen LogP contribution in [0.5, 0.6) is 5.75 Å². The molecule has 0 spiro atoms. The Morgan fingerprint density at radius 2 is 2.10 bits per heavy atom. The molecule has 1 aliphatic heterocycles. The highest BCUT2D eigenvalue weighted by atomic mass is 16.6. The molecule has 1 aliphatic rings. The van der Waals surface area contributed by atoms with Crippen molar-refractivity contribution in [2.75, 3.05) is 13.2 Å². The van der Waals surface area contributed by atoms with Crippen LogP contribution in [0.1, 0.15) is 31.9 Å². The van der Waals surface area contributed by atoms with Gasteiger partial charge >= 0.3 is 11.9 Å². The van der Waals surface area contributed by atoms with Crippen LogP contribution in [-0.2, 0) is 19.1 Å². The maximum Gasteiger partial charge on any atom is 0.313 e. The first-order valence-corrected chi connectivity index (χ1v) is 6.69. The Hall–Kier alpha value is -2.04. The van der Waals surface area contributed by atoms with Gasteiger partial charge in [0.2, 0.25) is 0 Å². The zero-order valence-electron chi connectivity index (χ0n) is 11.6. The molecule has 0 saturated carbocycles. The van der Waals surface area contributed by atoms with E-state index in [2.05, 4.69) is 0 Å². The molecule has 1 aromatic carbocycles. The summed E-state index contributed by atoms with van der Waals surface area (Å²) in [5.74, 6) is -0.687. The fraction of sp³-hybridized carbons (Fsp3) is 0.467. The molecule has 0 N–H and O–H groups in total. The smallest absolute Gasteiger partial charge is 0.313 e. The van der Waals surface area contributed by atoms with E-state index in [9.17, 15) is 9.59 Å². The van der Waals surface area contributed by atoms with Crippen molar-refractivity contribution in [3.05, 3.63) is 29.8 Å². The van der Waals surface area contributed by atoms with Gasteiger partial charge in [-0.15, -0.1) is 0 Å². The van der Waals surface area contributed by atoms with Crippen molar-refractivity contribution >= 4 is 11.9 Å². The van der Waals surface area contributed by atoms with Gasteiger partial charge in [-0.05, 0) is 19.4 Å². The lowest BCUT2D eigenvalue weighted by molar-refractivity contribution is -0.161. The SMILES string of the molecule is CCOC(=O)[C@H]1CCOc2ccccc2[C@@H]1OC(C)=O. The van der Waals surface area contributed by atoms with E-state index >= 15 is 0 Å². The standard InChI is InChI=1S/C15H18O5/c1-3-18-15(17)12-8-9-19-13-7-5-4-6-11(13)14(12)20-10(2)16/h4-7,12,14H,3,8-9H2,1-2H3/t12-,14-/m0/s1. The topological polar surface area (TPSA) is 61.8 Å². The quantitative estimate of drug-likeness (QED) is 0.794. The second-order valence-electron chi connectivity index (χ2n) is 4.56. The summed E-state index contributed by atoms with van der Waals surface area (Å²) in [6, 6.07) is 7.28. The average Bonchev–Trinajstić information content (AvgIpc) is 2.59. The fourth-order valence-electron chi connectivity index (χ4n) is 2.33.